The number of methoxy groups -OCH3 is 1. The minimum Gasteiger partial charge on any atom is -0.353 e. The Morgan fingerprint density at radius 1 is 1.56 bits per heavy atom. The summed E-state index contributed by atoms with van der Waals surface area (Å²) in [6, 6.07) is 0. The van der Waals surface area contributed by atoms with Gasteiger partial charge in [0.05, 0.1) is 0 Å². The van der Waals surface area contributed by atoms with Crippen LogP contribution in [0.2, 0.25) is 0 Å². The van der Waals surface area contributed by atoms with Crippen molar-refractivity contribution in [3.05, 3.63) is 0 Å². The summed E-state index contributed by atoms with van der Waals surface area (Å²) in [6.45, 7) is 3.85. The first-order chi connectivity index (χ1) is 4.05. The van der Waals surface area contributed by atoms with Crippen molar-refractivity contribution in [2.45, 2.75) is 31.8 Å². The first kappa shape index (κ1) is 6.99. The predicted octanol–water partition coefficient (Wildman–Crippen LogP) is 0.0950. The molecule has 3 nitrogen and oxygen atoms in total. The lowest BCUT2D eigenvalue weighted by Gasteiger charge is -2.13. The van der Waals surface area contributed by atoms with Crippen molar-refractivity contribution in [3.63, 3.8) is 0 Å². The van der Waals surface area contributed by atoms with Crippen molar-refractivity contribution >= 4 is 0 Å². The largest absolute Gasteiger partial charge is 0.353 e. The highest BCUT2D eigenvalue weighted by Gasteiger charge is 2.48. The zero-order valence-corrected chi connectivity index (χ0v) is 6.05. The van der Waals surface area contributed by atoms with Crippen molar-refractivity contribution in [3.8, 4) is 0 Å². The van der Waals surface area contributed by atoms with Crippen LogP contribution in [0, 0.1) is 0 Å². The Labute approximate surface area is 55.1 Å². The quantitative estimate of drug-likeness (QED) is 0.540. The summed E-state index contributed by atoms with van der Waals surface area (Å²) in [5, 5.41) is 0. The number of hydrogen-bond acceptors (Lipinski definition) is 3. The average molecular weight is 131 g/mol. The third-order valence-corrected chi connectivity index (χ3v) is 1.42. The predicted molar refractivity (Wildman–Crippen MR) is 33.9 cm³/mol. The summed E-state index contributed by atoms with van der Waals surface area (Å²) in [4.78, 5) is 0. The van der Waals surface area contributed by atoms with Gasteiger partial charge in [0.1, 0.15) is 6.10 Å². The molecule has 2 N–H and O–H groups in total. The Morgan fingerprint density at radius 2 is 2.11 bits per heavy atom. The van der Waals surface area contributed by atoms with Gasteiger partial charge in [-0.2, -0.15) is 0 Å². The molecule has 3 heteroatoms. The molecule has 9 heavy (non-hydrogen) atoms. The molecule has 1 aliphatic heterocycles. The Bertz CT molecular complexity index is 108. The topological polar surface area (TPSA) is 47.8 Å². The second-order valence-electron chi connectivity index (χ2n) is 2.98. The molecular formula is C6H13NO2. The third-order valence-electron chi connectivity index (χ3n) is 1.42. The van der Waals surface area contributed by atoms with Gasteiger partial charge in [-0.15, -0.1) is 0 Å². The van der Waals surface area contributed by atoms with Crippen molar-refractivity contribution in [2.24, 2.45) is 5.73 Å². The lowest BCUT2D eigenvalue weighted by atomic mass is 10.0. The molecule has 54 valence electrons. The second-order valence-corrected chi connectivity index (χ2v) is 2.98. The van der Waals surface area contributed by atoms with E-state index in [0.29, 0.717) is 0 Å². The maximum atomic E-state index is 5.70. The molecule has 1 aliphatic rings. The number of hydrogen-bond donors (Lipinski definition) is 1. The van der Waals surface area contributed by atoms with Gasteiger partial charge in [-0.25, -0.2) is 0 Å². The number of epoxide rings is 1. The molecule has 0 amide bonds. The molecule has 0 saturated carbocycles. The molecular weight excluding hydrogens is 118 g/mol. The van der Waals surface area contributed by atoms with E-state index in [-0.39, 0.29) is 17.9 Å². The summed E-state index contributed by atoms with van der Waals surface area (Å²) < 4.78 is 9.98. The van der Waals surface area contributed by atoms with E-state index in [2.05, 4.69) is 0 Å². The van der Waals surface area contributed by atoms with Gasteiger partial charge >= 0.3 is 0 Å². The molecule has 0 aromatic heterocycles. The zero-order chi connectivity index (χ0) is 7.07. The standard InChI is InChI=1S/C6H13NO2/c1-6(2,7)4-5(8-3)9-4/h4-5H,7H2,1-3H3. The Balaban J connectivity index is 2.33. The van der Waals surface area contributed by atoms with E-state index in [1.165, 1.54) is 0 Å². The molecule has 1 saturated heterocycles. The normalized spacial score (nSPS) is 34.7. The molecule has 2 atom stereocenters. The van der Waals surface area contributed by atoms with E-state index >= 15 is 0 Å². The van der Waals surface area contributed by atoms with Gasteiger partial charge in [0, 0.05) is 12.6 Å². The molecule has 0 radical (unpaired) electrons. The fraction of sp³-hybridized carbons (Fsp3) is 1.00. The molecule has 0 spiro atoms. The molecule has 0 aliphatic carbocycles. The van der Waals surface area contributed by atoms with Gasteiger partial charge in [-0.1, -0.05) is 0 Å². The minimum absolute atomic E-state index is 0.0648. The highest BCUT2D eigenvalue weighted by atomic mass is 16.8. The van der Waals surface area contributed by atoms with Gasteiger partial charge in [0.2, 0.25) is 0 Å². The molecule has 0 aromatic carbocycles. The first-order valence-electron chi connectivity index (χ1n) is 3.03. The van der Waals surface area contributed by atoms with Crippen LogP contribution in [0.5, 0.6) is 0 Å². The molecule has 1 fully saturated rings. The number of ether oxygens (including phenoxy) is 2. The Hall–Kier alpha value is -0.120. The van der Waals surface area contributed by atoms with Crippen LogP contribution in [0.3, 0.4) is 0 Å². The number of nitrogens with two attached hydrogens (primary N) is 1. The van der Waals surface area contributed by atoms with Crippen LogP contribution in [-0.2, 0) is 9.47 Å². The van der Waals surface area contributed by atoms with Crippen LogP contribution in [-0.4, -0.2) is 25.0 Å². The fourth-order valence-corrected chi connectivity index (χ4v) is 0.804. The lowest BCUT2D eigenvalue weighted by molar-refractivity contribution is 0.0950. The van der Waals surface area contributed by atoms with E-state index in [1.54, 1.807) is 7.11 Å². The maximum Gasteiger partial charge on any atom is 0.185 e. The van der Waals surface area contributed by atoms with E-state index in [4.69, 9.17) is 15.2 Å². The molecule has 0 bridgehead atoms. The monoisotopic (exact) mass is 131 g/mol. The van der Waals surface area contributed by atoms with Crippen molar-refractivity contribution in [1.29, 1.82) is 0 Å². The van der Waals surface area contributed by atoms with Crippen LogP contribution in [0.15, 0.2) is 0 Å². The van der Waals surface area contributed by atoms with Crippen molar-refractivity contribution in [1.82, 2.24) is 0 Å². The second kappa shape index (κ2) is 1.94. The Kier molecular flexibility index (Phi) is 1.50. The first-order valence-corrected chi connectivity index (χ1v) is 3.03. The van der Waals surface area contributed by atoms with E-state index in [0.717, 1.165) is 0 Å². The van der Waals surface area contributed by atoms with Crippen LogP contribution in [0.25, 0.3) is 0 Å². The van der Waals surface area contributed by atoms with Crippen LogP contribution >= 0.6 is 0 Å². The summed E-state index contributed by atoms with van der Waals surface area (Å²) in [6.07, 6.45) is 0.0208. The third kappa shape index (κ3) is 1.41. The van der Waals surface area contributed by atoms with E-state index < -0.39 is 0 Å². The summed E-state index contributed by atoms with van der Waals surface area (Å²) >= 11 is 0. The minimum atomic E-state index is -0.263. The van der Waals surface area contributed by atoms with Gasteiger partial charge in [-0.3, -0.25) is 0 Å². The van der Waals surface area contributed by atoms with Gasteiger partial charge < -0.3 is 15.2 Å². The van der Waals surface area contributed by atoms with Crippen molar-refractivity contribution in [2.75, 3.05) is 7.11 Å². The molecule has 1 heterocycles. The van der Waals surface area contributed by atoms with E-state index in [9.17, 15) is 0 Å². The zero-order valence-electron chi connectivity index (χ0n) is 6.05. The van der Waals surface area contributed by atoms with Crippen LogP contribution in [0.4, 0.5) is 0 Å². The van der Waals surface area contributed by atoms with Gasteiger partial charge in [-0.05, 0) is 13.8 Å². The van der Waals surface area contributed by atoms with Gasteiger partial charge in [0.15, 0.2) is 6.29 Å². The highest BCUT2D eigenvalue weighted by Crippen LogP contribution is 2.30. The van der Waals surface area contributed by atoms with E-state index in [1.807, 2.05) is 13.8 Å². The molecule has 1 rings (SSSR count). The molecule has 0 aromatic rings. The summed E-state index contributed by atoms with van der Waals surface area (Å²) in [7, 11) is 1.62. The lowest BCUT2D eigenvalue weighted by Crippen LogP contribution is -2.39. The SMILES string of the molecule is COC1OC1C(C)(C)N. The van der Waals surface area contributed by atoms with Crippen LogP contribution < -0.4 is 5.73 Å². The summed E-state index contributed by atoms with van der Waals surface area (Å²) in [5.41, 5.74) is 5.44. The summed E-state index contributed by atoms with van der Waals surface area (Å²) in [5.74, 6) is 0. The highest BCUT2D eigenvalue weighted by molar-refractivity contribution is 4.94. The number of rotatable bonds is 2. The van der Waals surface area contributed by atoms with Gasteiger partial charge in [0.25, 0.3) is 0 Å². The fourth-order valence-electron chi connectivity index (χ4n) is 0.804. The van der Waals surface area contributed by atoms with Crippen LogP contribution in [0.1, 0.15) is 13.8 Å². The Morgan fingerprint density at radius 3 is 2.22 bits per heavy atom. The van der Waals surface area contributed by atoms with Crippen molar-refractivity contribution < 1.29 is 9.47 Å². The maximum absolute atomic E-state index is 5.70. The smallest absolute Gasteiger partial charge is 0.185 e. The molecule has 2 unspecified atom stereocenters. The average Bonchev–Trinajstić information content (AvgIpc) is 2.39.